The van der Waals surface area contributed by atoms with Gasteiger partial charge in [-0.3, -0.25) is 4.79 Å². The SMILES string of the molecule is C[C@H]1C[C@H]1C(=O)OC1c2ccccc2-c2ccccc21. The van der Waals surface area contributed by atoms with Gasteiger partial charge in [-0.25, -0.2) is 0 Å². The standard InChI is InChI=1S/C18H16O2/c1-11-10-16(11)18(19)20-17-14-8-4-2-6-12(14)13-7-3-5-9-15(13)17/h2-9,11,16-17H,10H2,1H3/t11-,16+/m0/s1. The molecule has 1 fully saturated rings. The Morgan fingerprint density at radius 3 is 2.00 bits per heavy atom. The minimum absolute atomic E-state index is 0.0472. The zero-order chi connectivity index (χ0) is 13.7. The number of esters is 1. The highest BCUT2D eigenvalue weighted by Crippen LogP contribution is 2.47. The Labute approximate surface area is 118 Å². The van der Waals surface area contributed by atoms with Crippen molar-refractivity contribution in [1.82, 2.24) is 0 Å². The average Bonchev–Trinajstić information content (AvgIpc) is 3.14. The van der Waals surface area contributed by atoms with Crippen LogP contribution >= 0.6 is 0 Å². The number of hydrogen-bond acceptors (Lipinski definition) is 2. The van der Waals surface area contributed by atoms with E-state index in [1.165, 1.54) is 11.1 Å². The van der Waals surface area contributed by atoms with Crippen LogP contribution in [0.1, 0.15) is 30.6 Å². The first-order valence-electron chi connectivity index (χ1n) is 7.14. The Kier molecular flexibility index (Phi) is 2.46. The molecule has 0 unspecified atom stereocenters. The van der Waals surface area contributed by atoms with Gasteiger partial charge >= 0.3 is 5.97 Å². The number of fused-ring (bicyclic) bond motifs is 3. The van der Waals surface area contributed by atoms with E-state index in [9.17, 15) is 4.79 Å². The first-order valence-corrected chi connectivity index (χ1v) is 7.14. The molecular formula is C18H16O2. The topological polar surface area (TPSA) is 26.3 Å². The lowest BCUT2D eigenvalue weighted by molar-refractivity contribution is -0.149. The highest BCUT2D eigenvalue weighted by atomic mass is 16.5. The largest absolute Gasteiger partial charge is 0.452 e. The fourth-order valence-electron chi connectivity index (χ4n) is 3.09. The molecule has 2 aromatic rings. The third-order valence-corrected chi connectivity index (χ3v) is 4.42. The van der Waals surface area contributed by atoms with Crippen LogP contribution in [0, 0.1) is 11.8 Å². The molecule has 2 nitrogen and oxygen atoms in total. The molecule has 0 aliphatic heterocycles. The summed E-state index contributed by atoms with van der Waals surface area (Å²) in [5.41, 5.74) is 4.58. The summed E-state index contributed by atoms with van der Waals surface area (Å²) in [5, 5.41) is 0. The van der Waals surface area contributed by atoms with Gasteiger partial charge in [-0.15, -0.1) is 0 Å². The van der Waals surface area contributed by atoms with Crippen molar-refractivity contribution in [2.75, 3.05) is 0 Å². The van der Waals surface area contributed by atoms with Gasteiger partial charge in [0.25, 0.3) is 0 Å². The highest BCUT2D eigenvalue weighted by Gasteiger charge is 2.42. The zero-order valence-electron chi connectivity index (χ0n) is 11.4. The maximum atomic E-state index is 12.2. The molecule has 0 amide bonds. The second kappa shape index (κ2) is 4.20. The Morgan fingerprint density at radius 1 is 1.00 bits per heavy atom. The summed E-state index contributed by atoms with van der Waals surface area (Å²) in [7, 11) is 0. The third-order valence-electron chi connectivity index (χ3n) is 4.42. The van der Waals surface area contributed by atoms with E-state index in [1.54, 1.807) is 0 Å². The predicted molar refractivity (Wildman–Crippen MR) is 77.1 cm³/mol. The molecule has 0 N–H and O–H groups in total. The van der Waals surface area contributed by atoms with E-state index < -0.39 is 0 Å². The van der Waals surface area contributed by atoms with Crippen LogP contribution in [0.15, 0.2) is 48.5 Å². The number of rotatable bonds is 2. The van der Waals surface area contributed by atoms with Crippen LogP contribution in [-0.2, 0) is 9.53 Å². The molecule has 2 aromatic carbocycles. The van der Waals surface area contributed by atoms with Crippen molar-refractivity contribution >= 4 is 5.97 Å². The highest BCUT2D eigenvalue weighted by molar-refractivity contribution is 5.81. The first kappa shape index (κ1) is 11.7. The monoisotopic (exact) mass is 264 g/mol. The van der Waals surface area contributed by atoms with E-state index in [1.807, 2.05) is 24.3 Å². The van der Waals surface area contributed by atoms with Gasteiger partial charge in [0, 0.05) is 11.1 Å². The van der Waals surface area contributed by atoms with E-state index in [0.717, 1.165) is 17.5 Å². The minimum Gasteiger partial charge on any atom is -0.452 e. The summed E-state index contributed by atoms with van der Waals surface area (Å²) in [6.07, 6.45) is 0.733. The number of carbonyl (C=O) groups is 1. The summed E-state index contributed by atoms with van der Waals surface area (Å²) in [6.45, 7) is 2.10. The molecule has 2 heteroatoms. The minimum atomic E-state index is -0.234. The molecule has 0 saturated heterocycles. The van der Waals surface area contributed by atoms with Crippen molar-refractivity contribution in [2.24, 2.45) is 11.8 Å². The van der Waals surface area contributed by atoms with Crippen molar-refractivity contribution in [1.29, 1.82) is 0 Å². The summed E-state index contributed by atoms with van der Waals surface area (Å²) < 4.78 is 5.82. The van der Waals surface area contributed by atoms with Crippen molar-refractivity contribution < 1.29 is 9.53 Å². The van der Waals surface area contributed by atoms with Crippen LogP contribution < -0.4 is 0 Å². The molecule has 2 aliphatic rings. The van der Waals surface area contributed by atoms with Gasteiger partial charge in [-0.1, -0.05) is 55.5 Å². The second-order valence-electron chi connectivity index (χ2n) is 5.81. The van der Waals surface area contributed by atoms with Gasteiger partial charge in [-0.2, -0.15) is 0 Å². The summed E-state index contributed by atoms with van der Waals surface area (Å²) in [4.78, 5) is 12.2. The van der Waals surface area contributed by atoms with Gasteiger partial charge in [0.1, 0.15) is 0 Å². The van der Waals surface area contributed by atoms with E-state index in [-0.39, 0.29) is 18.0 Å². The van der Waals surface area contributed by atoms with Crippen molar-refractivity contribution in [3.63, 3.8) is 0 Å². The average molecular weight is 264 g/mol. The quantitative estimate of drug-likeness (QED) is 0.767. The number of hydrogen-bond donors (Lipinski definition) is 0. The zero-order valence-corrected chi connectivity index (χ0v) is 11.4. The van der Waals surface area contributed by atoms with Crippen molar-refractivity contribution in [2.45, 2.75) is 19.4 Å². The van der Waals surface area contributed by atoms with E-state index >= 15 is 0 Å². The van der Waals surface area contributed by atoms with Crippen LogP contribution in [-0.4, -0.2) is 5.97 Å². The van der Waals surface area contributed by atoms with Crippen LogP contribution in [0.25, 0.3) is 11.1 Å². The maximum Gasteiger partial charge on any atom is 0.310 e. The molecule has 0 bridgehead atoms. The van der Waals surface area contributed by atoms with Crippen LogP contribution in [0.4, 0.5) is 0 Å². The van der Waals surface area contributed by atoms with Crippen molar-refractivity contribution in [3.8, 4) is 11.1 Å². The lowest BCUT2D eigenvalue weighted by Crippen LogP contribution is -2.12. The lowest BCUT2D eigenvalue weighted by atomic mass is 10.1. The summed E-state index contributed by atoms with van der Waals surface area (Å²) in [5.74, 6) is 0.540. The molecule has 2 atom stereocenters. The molecule has 1 saturated carbocycles. The van der Waals surface area contributed by atoms with Gasteiger partial charge in [-0.05, 0) is 23.5 Å². The van der Waals surface area contributed by atoms with Crippen LogP contribution in [0.3, 0.4) is 0 Å². The van der Waals surface area contributed by atoms with Crippen LogP contribution in [0.2, 0.25) is 0 Å². The van der Waals surface area contributed by atoms with E-state index in [2.05, 4.69) is 31.2 Å². The summed E-state index contributed by atoms with van der Waals surface area (Å²) >= 11 is 0. The molecule has 100 valence electrons. The molecule has 0 spiro atoms. The second-order valence-corrected chi connectivity index (χ2v) is 5.81. The Morgan fingerprint density at radius 2 is 1.50 bits per heavy atom. The molecule has 0 radical (unpaired) electrons. The molecular weight excluding hydrogens is 248 g/mol. The molecule has 0 heterocycles. The van der Waals surface area contributed by atoms with E-state index in [0.29, 0.717) is 5.92 Å². The lowest BCUT2D eigenvalue weighted by Gasteiger charge is -2.15. The van der Waals surface area contributed by atoms with Gasteiger partial charge in [0.05, 0.1) is 5.92 Å². The first-order chi connectivity index (χ1) is 9.75. The van der Waals surface area contributed by atoms with Crippen molar-refractivity contribution in [3.05, 3.63) is 59.7 Å². The van der Waals surface area contributed by atoms with E-state index in [4.69, 9.17) is 4.74 Å². The third kappa shape index (κ3) is 1.68. The molecule has 20 heavy (non-hydrogen) atoms. The maximum absolute atomic E-state index is 12.2. The Bertz CT molecular complexity index is 644. The number of ether oxygens (including phenoxy) is 1. The normalized spacial score (nSPS) is 23.1. The van der Waals surface area contributed by atoms with Gasteiger partial charge in [0.2, 0.25) is 0 Å². The smallest absolute Gasteiger partial charge is 0.310 e. The predicted octanol–water partition coefficient (Wildman–Crippen LogP) is 3.96. The molecule has 0 aromatic heterocycles. The fourth-order valence-corrected chi connectivity index (χ4v) is 3.09. The number of carbonyl (C=O) groups excluding carboxylic acids is 1. The molecule has 4 rings (SSSR count). The fraction of sp³-hybridized carbons (Fsp3) is 0.278. The van der Waals surface area contributed by atoms with Gasteiger partial charge in [0.15, 0.2) is 6.10 Å². The Hall–Kier alpha value is -2.09. The summed E-state index contributed by atoms with van der Waals surface area (Å²) in [6, 6.07) is 16.4. The van der Waals surface area contributed by atoms with Gasteiger partial charge < -0.3 is 4.74 Å². The van der Waals surface area contributed by atoms with Crippen LogP contribution in [0.5, 0.6) is 0 Å². The Balaban J connectivity index is 1.74. The number of benzene rings is 2. The molecule has 2 aliphatic carbocycles.